The number of hydrogen-bond acceptors (Lipinski definition) is 2. The molecule has 0 aliphatic carbocycles. The minimum atomic E-state index is -0.165. The van der Waals surface area contributed by atoms with Crippen LogP contribution in [0.4, 0.5) is 5.69 Å². The van der Waals surface area contributed by atoms with E-state index in [9.17, 15) is 0 Å². The Balaban J connectivity index is 2.87. The van der Waals surface area contributed by atoms with Gasteiger partial charge in [-0.1, -0.05) is 22.9 Å². The van der Waals surface area contributed by atoms with Crippen LogP contribution in [0.25, 0.3) is 0 Å². The maximum Gasteiger partial charge on any atom is 0.143 e. The van der Waals surface area contributed by atoms with E-state index in [1.165, 1.54) is 0 Å². The molecule has 1 aromatic carbocycles. The van der Waals surface area contributed by atoms with E-state index >= 15 is 0 Å². The summed E-state index contributed by atoms with van der Waals surface area (Å²) in [5.74, 6) is 0.750. The molecule has 1 rings (SSSR count). The van der Waals surface area contributed by atoms with Crippen LogP contribution < -0.4 is 10.5 Å². The Morgan fingerprint density at radius 3 is 2.57 bits per heavy atom. The molecule has 1 aromatic rings. The number of nitrogen functional groups attached to an aromatic ring is 1. The van der Waals surface area contributed by atoms with Crippen molar-refractivity contribution in [3.05, 3.63) is 22.7 Å². The molecule has 0 heterocycles. The number of rotatable bonds is 3. The van der Waals surface area contributed by atoms with Crippen LogP contribution in [-0.4, -0.2) is 5.60 Å². The van der Waals surface area contributed by atoms with Crippen LogP contribution in [0.2, 0.25) is 0 Å². The van der Waals surface area contributed by atoms with E-state index in [-0.39, 0.29) is 5.60 Å². The highest BCUT2D eigenvalue weighted by Crippen LogP contribution is 2.29. The highest BCUT2D eigenvalue weighted by Gasteiger charge is 2.17. The Morgan fingerprint density at radius 2 is 2.07 bits per heavy atom. The zero-order valence-electron chi connectivity index (χ0n) is 8.80. The SMILES string of the molecule is CCC(C)(C)Oc1ccc(Br)cc1N. The first-order chi connectivity index (χ1) is 6.44. The molecule has 0 amide bonds. The highest BCUT2D eigenvalue weighted by atomic mass is 79.9. The van der Waals surface area contributed by atoms with Gasteiger partial charge in [0, 0.05) is 4.47 Å². The minimum Gasteiger partial charge on any atom is -0.486 e. The molecule has 14 heavy (non-hydrogen) atoms. The van der Waals surface area contributed by atoms with Gasteiger partial charge in [-0.2, -0.15) is 0 Å². The Bertz CT molecular complexity index is 323. The van der Waals surface area contributed by atoms with Gasteiger partial charge < -0.3 is 10.5 Å². The Kier molecular flexibility index (Phi) is 3.43. The van der Waals surface area contributed by atoms with Crippen molar-refractivity contribution in [1.29, 1.82) is 0 Å². The van der Waals surface area contributed by atoms with Gasteiger partial charge >= 0.3 is 0 Å². The van der Waals surface area contributed by atoms with Gasteiger partial charge in [0.2, 0.25) is 0 Å². The summed E-state index contributed by atoms with van der Waals surface area (Å²) in [4.78, 5) is 0. The van der Waals surface area contributed by atoms with Gasteiger partial charge in [-0.15, -0.1) is 0 Å². The molecule has 0 bridgehead atoms. The molecule has 0 unspecified atom stereocenters. The van der Waals surface area contributed by atoms with E-state index in [0.29, 0.717) is 5.69 Å². The molecular weight excluding hydrogens is 242 g/mol. The molecular formula is C11H16BrNO. The van der Waals surface area contributed by atoms with Crippen molar-refractivity contribution in [2.75, 3.05) is 5.73 Å². The lowest BCUT2D eigenvalue weighted by Crippen LogP contribution is -2.27. The van der Waals surface area contributed by atoms with Crippen molar-refractivity contribution >= 4 is 21.6 Å². The van der Waals surface area contributed by atoms with E-state index < -0.39 is 0 Å². The lowest BCUT2D eigenvalue weighted by molar-refractivity contribution is 0.106. The summed E-state index contributed by atoms with van der Waals surface area (Å²) in [6, 6.07) is 5.66. The lowest BCUT2D eigenvalue weighted by Gasteiger charge is -2.25. The predicted octanol–water partition coefficient (Wildman–Crippen LogP) is 3.60. The third-order valence-electron chi connectivity index (χ3n) is 2.21. The quantitative estimate of drug-likeness (QED) is 0.841. The zero-order chi connectivity index (χ0) is 10.8. The van der Waals surface area contributed by atoms with Crippen LogP contribution in [0.5, 0.6) is 5.75 Å². The van der Waals surface area contributed by atoms with E-state index in [1.807, 2.05) is 18.2 Å². The zero-order valence-corrected chi connectivity index (χ0v) is 10.4. The maximum atomic E-state index is 5.83. The second-order valence-electron chi connectivity index (χ2n) is 3.90. The average molecular weight is 258 g/mol. The Hall–Kier alpha value is -0.700. The molecule has 2 nitrogen and oxygen atoms in total. The predicted molar refractivity (Wildman–Crippen MR) is 63.6 cm³/mol. The summed E-state index contributed by atoms with van der Waals surface area (Å²) >= 11 is 3.36. The fraction of sp³-hybridized carbons (Fsp3) is 0.455. The number of benzene rings is 1. The summed E-state index contributed by atoms with van der Waals surface area (Å²) in [7, 11) is 0. The molecule has 2 N–H and O–H groups in total. The molecule has 0 fully saturated rings. The van der Waals surface area contributed by atoms with Crippen molar-refractivity contribution in [3.63, 3.8) is 0 Å². The number of anilines is 1. The van der Waals surface area contributed by atoms with Crippen LogP contribution in [0, 0.1) is 0 Å². The van der Waals surface area contributed by atoms with Crippen LogP contribution >= 0.6 is 15.9 Å². The first-order valence-corrected chi connectivity index (χ1v) is 5.48. The molecule has 3 heteroatoms. The van der Waals surface area contributed by atoms with E-state index in [0.717, 1.165) is 16.6 Å². The summed E-state index contributed by atoms with van der Waals surface area (Å²) in [5.41, 5.74) is 6.33. The molecule has 0 aliphatic heterocycles. The van der Waals surface area contributed by atoms with Gasteiger partial charge in [0.05, 0.1) is 5.69 Å². The summed E-state index contributed by atoms with van der Waals surface area (Å²) < 4.78 is 6.76. The number of nitrogens with two attached hydrogens (primary N) is 1. The normalized spacial score (nSPS) is 11.4. The molecule has 0 saturated carbocycles. The average Bonchev–Trinajstić information content (AvgIpc) is 2.10. The van der Waals surface area contributed by atoms with Gasteiger partial charge in [-0.25, -0.2) is 0 Å². The molecule has 0 saturated heterocycles. The molecule has 0 radical (unpaired) electrons. The molecule has 0 spiro atoms. The minimum absolute atomic E-state index is 0.165. The van der Waals surface area contributed by atoms with Crippen LogP contribution in [0.3, 0.4) is 0 Å². The smallest absolute Gasteiger partial charge is 0.143 e. The fourth-order valence-electron chi connectivity index (χ4n) is 0.982. The second kappa shape index (κ2) is 4.22. The summed E-state index contributed by atoms with van der Waals surface area (Å²) in [5, 5.41) is 0. The Labute approximate surface area is 93.6 Å². The Morgan fingerprint density at radius 1 is 1.43 bits per heavy atom. The molecule has 78 valence electrons. The van der Waals surface area contributed by atoms with Crippen molar-refractivity contribution in [3.8, 4) is 5.75 Å². The van der Waals surface area contributed by atoms with Crippen LogP contribution in [0.15, 0.2) is 22.7 Å². The third kappa shape index (κ3) is 2.91. The van der Waals surface area contributed by atoms with Gasteiger partial charge in [-0.05, 0) is 38.5 Å². The molecule has 0 aliphatic rings. The van der Waals surface area contributed by atoms with Gasteiger partial charge in [0.25, 0.3) is 0 Å². The number of halogens is 1. The monoisotopic (exact) mass is 257 g/mol. The largest absolute Gasteiger partial charge is 0.486 e. The maximum absolute atomic E-state index is 5.83. The van der Waals surface area contributed by atoms with Crippen LogP contribution in [0.1, 0.15) is 27.2 Å². The molecule has 0 aromatic heterocycles. The fourth-order valence-corrected chi connectivity index (χ4v) is 1.36. The van der Waals surface area contributed by atoms with Gasteiger partial charge in [0.1, 0.15) is 11.4 Å². The number of hydrogen-bond donors (Lipinski definition) is 1. The second-order valence-corrected chi connectivity index (χ2v) is 4.81. The standard InChI is InChI=1S/C11H16BrNO/c1-4-11(2,3)14-10-6-5-8(12)7-9(10)13/h5-7H,4,13H2,1-3H3. The summed E-state index contributed by atoms with van der Waals surface area (Å²) in [6.07, 6.45) is 0.947. The van der Waals surface area contributed by atoms with E-state index in [4.69, 9.17) is 10.5 Å². The molecule has 0 atom stereocenters. The van der Waals surface area contributed by atoms with Gasteiger partial charge in [-0.3, -0.25) is 0 Å². The van der Waals surface area contributed by atoms with Crippen molar-refractivity contribution in [2.24, 2.45) is 0 Å². The first-order valence-electron chi connectivity index (χ1n) is 4.68. The lowest BCUT2D eigenvalue weighted by atomic mass is 10.1. The van der Waals surface area contributed by atoms with Crippen molar-refractivity contribution < 1.29 is 4.74 Å². The third-order valence-corrected chi connectivity index (χ3v) is 2.70. The summed E-state index contributed by atoms with van der Waals surface area (Å²) in [6.45, 7) is 6.19. The van der Waals surface area contributed by atoms with Gasteiger partial charge in [0.15, 0.2) is 0 Å². The van der Waals surface area contributed by atoms with E-state index in [2.05, 4.69) is 36.7 Å². The first kappa shape index (κ1) is 11.4. The number of ether oxygens (including phenoxy) is 1. The van der Waals surface area contributed by atoms with Crippen molar-refractivity contribution in [2.45, 2.75) is 32.8 Å². The van der Waals surface area contributed by atoms with Crippen molar-refractivity contribution in [1.82, 2.24) is 0 Å². The van der Waals surface area contributed by atoms with Crippen LogP contribution in [-0.2, 0) is 0 Å². The topological polar surface area (TPSA) is 35.2 Å². The van der Waals surface area contributed by atoms with E-state index in [1.54, 1.807) is 0 Å². The highest BCUT2D eigenvalue weighted by molar-refractivity contribution is 9.10.